The van der Waals surface area contributed by atoms with Crippen LogP contribution in [0.3, 0.4) is 0 Å². The van der Waals surface area contributed by atoms with Gasteiger partial charge in [0.15, 0.2) is 0 Å². The molecule has 0 aromatic heterocycles. The van der Waals surface area contributed by atoms with Crippen LogP contribution in [0.4, 0.5) is 0 Å². The topological polar surface area (TPSA) is 0 Å². The predicted octanol–water partition coefficient (Wildman–Crippen LogP) is 13.8. The van der Waals surface area contributed by atoms with Crippen molar-refractivity contribution >= 4 is 21.5 Å². The van der Waals surface area contributed by atoms with Crippen molar-refractivity contribution in [3.63, 3.8) is 0 Å². The van der Waals surface area contributed by atoms with Crippen LogP contribution in [0.2, 0.25) is 0 Å². The van der Waals surface area contributed by atoms with E-state index >= 15 is 0 Å². The second kappa shape index (κ2) is 10.8. The van der Waals surface area contributed by atoms with Crippen LogP contribution >= 0.6 is 0 Å². The molecule has 0 bridgehead atoms. The monoisotopic (exact) mass is 642 g/mol. The Bertz CT molecular complexity index is 2320. The summed E-state index contributed by atoms with van der Waals surface area (Å²) in [6.07, 6.45) is 12.9. The fourth-order valence-corrected chi connectivity index (χ4v) is 11.4. The number of hydrogen-bond acceptors (Lipinski definition) is 0. The zero-order valence-corrected chi connectivity index (χ0v) is 28.8. The summed E-state index contributed by atoms with van der Waals surface area (Å²) in [5, 5.41) is 5.39. The molecule has 7 aromatic carbocycles. The van der Waals surface area contributed by atoms with Crippen molar-refractivity contribution in [2.75, 3.05) is 0 Å². The first-order chi connectivity index (χ1) is 24.8. The van der Waals surface area contributed by atoms with E-state index in [-0.39, 0.29) is 10.8 Å². The normalized spacial score (nSPS) is 17.9. The molecule has 2 saturated carbocycles. The standard InChI is InChI=1S/C50H42/c1-11-27-49(28-12-1)43-21-9-7-17-37(43)39-25-23-33(31-45(39)49)47-41-19-5-3-15-35(41)36-16-4-6-20-42(36)48(47)34-24-26-40-38-18-8-10-22-44(38)50(46(40)32-34)29-13-2-14-30-50/h3-10,15-26,31-32H,1-2,11-14,27-30H2. The first-order valence-electron chi connectivity index (χ1n) is 19.2. The van der Waals surface area contributed by atoms with Gasteiger partial charge in [-0.15, -0.1) is 0 Å². The van der Waals surface area contributed by atoms with Crippen LogP contribution in [0.5, 0.6) is 0 Å². The van der Waals surface area contributed by atoms with E-state index in [0.29, 0.717) is 0 Å². The smallest absolute Gasteiger partial charge is 0.0215 e. The van der Waals surface area contributed by atoms with Crippen molar-refractivity contribution < 1.29 is 0 Å². The van der Waals surface area contributed by atoms with Crippen LogP contribution in [-0.2, 0) is 10.8 Å². The minimum Gasteiger partial charge on any atom is -0.0619 e. The highest BCUT2D eigenvalue weighted by molar-refractivity contribution is 6.21. The lowest BCUT2D eigenvalue weighted by molar-refractivity contribution is 0.353. The van der Waals surface area contributed by atoms with Crippen molar-refractivity contribution in [2.45, 2.75) is 75.0 Å². The third-order valence-corrected chi connectivity index (χ3v) is 13.5. The van der Waals surface area contributed by atoms with Gasteiger partial charge in [-0.2, -0.15) is 0 Å². The summed E-state index contributed by atoms with van der Waals surface area (Å²) in [4.78, 5) is 0. The summed E-state index contributed by atoms with van der Waals surface area (Å²) in [5.74, 6) is 0. The van der Waals surface area contributed by atoms with E-state index in [1.165, 1.54) is 130 Å². The van der Waals surface area contributed by atoms with Gasteiger partial charge in [0.1, 0.15) is 0 Å². The van der Waals surface area contributed by atoms with Gasteiger partial charge in [-0.1, -0.05) is 160 Å². The first-order valence-corrected chi connectivity index (χ1v) is 19.2. The van der Waals surface area contributed by atoms with Gasteiger partial charge >= 0.3 is 0 Å². The zero-order chi connectivity index (χ0) is 32.9. The lowest BCUT2D eigenvalue weighted by Crippen LogP contribution is -2.28. The van der Waals surface area contributed by atoms with Crippen LogP contribution in [0.15, 0.2) is 133 Å². The Kier molecular flexibility index (Phi) is 6.22. The largest absolute Gasteiger partial charge is 0.0619 e. The Morgan fingerprint density at radius 1 is 0.300 bits per heavy atom. The van der Waals surface area contributed by atoms with Crippen molar-refractivity contribution in [3.05, 3.63) is 156 Å². The maximum absolute atomic E-state index is 2.63. The molecule has 7 aromatic rings. The molecule has 2 fully saturated rings. The van der Waals surface area contributed by atoms with Gasteiger partial charge in [0.2, 0.25) is 0 Å². The second-order valence-corrected chi connectivity index (χ2v) is 15.7. The molecule has 50 heavy (non-hydrogen) atoms. The molecule has 0 N–H and O–H groups in total. The molecule has 0 unspecified atom stereocenters. The van der Waals surface area contributed by atoms with Crippen LogP contribution < -0.4 is 0 Å². The molecule has 0 heterocycles. The van der Waals surface area contributed by atoms with E-state index in [1.54, 1.807) is 22.3 Å². The molecule has 242 valence electrons. The van der Waals surface area contributed by atoms with Gasteiger partial charge in [-0.25, -0.2) is 0 Å². The van der Waals surface area contributed by atoms with Crippen molar-refractivity contribution in [2.24, 2.45) is 0 Å². The first kappa shape index (κ1) is 28.9. The Morgan fingerprint density at radius 2 is 0.660 bits per heavy atom. The third-order valence-electron chi connectivity index (χ3n) is 13.5. The van der Waals surface area contributed by atoms with Crippen LogP contribution in [0, 0.1) is 0 Å². The van der Waals surface area contributed by atoms with Gasteiger partial charge in [0.25, 0.3) is 0 Å². The number of rotatable bonds is 2. The molecule has 0 atom stereocenters. The van der Waals surface area contributed by atoms with E-state index < -0.39 is 0 Å². The van der Waals surface area contributed by atoms with Gasteiger partial charge < -0.3 is 0 Å². The highest BCUT2D eigenvalue weighted by atomic mass is 14.5. The lowest BCUT2D eigenvalue weighted by atomic mass is 9.67. The predicted molar refractivity (Wildman–Crippen MR) is 211 cm³/mol. The van der Waals surface area contributed by atoms with Gasteiger partial charge in [-0.3, -0.25) is 0 Å². The van der Waals surface area contributed by atoms with Crippen molar-refractivity contribution in [1.82, 2.24) is 0 Å². The SMILES string of the molecule is c1ccc2c(c1)-c1ccc(-c3c(-c4ccc5c(c4)C4(CCCCC4)c4ccccc4-5)c4ccccc4c4ccccc34)cc1C21CCCCC1. The summed E-state index contributed by atoms with van der Waals surface area (Å²) >= 11 is 0. The molecule has 0 saturated heterocycles. The molecule has 0 aliphatic heterocycles. The molecule has 4 aliphatic rings. The zero-order valence-electron chi connectivity index (χ0n) is 28.8. The summed E-state index contributed by atoms with van der Waals surface area (Å²) < 4.78 is 0. The summed E-state index contributed by atoms with van der Waals surface area (Å²) in [6, 6.07) is 52.1. The number of hydrogen-bond donors (Lipinski definition) is 0. The second-order valence-electron chi connectivity index (χ2n) is 15.7. The molecule has 0 heteroatoms. The molecule has 4 aliphatic carbocycles. The quantitative estimate of drug-likeness (QED) is 0.165. The molecule has 0 nitrogen and oxygen atoms in total. The molecular formula is C50H42. The van der Waals surface area contributed by atoms with Crippen LogP contribution in [-0.4, -0.2) is 0 Å². The fourth-order valence-electron chi connectivity index (χ4n) is 11.4. The van der Waals surface area contributed by atoms with Gasteiger partial charge in [0.05, 0.1) is 0 Å². The van der Waals surface area contributed by atoms with Crippen molar-refractivity contribution in [1.29, 1.82) is 0 Å². The summed E-state index contributed by atoms with van der Waals surface area (Å²) in [7, 11) is 0. The highest BCUT2D eigenvalue weighted by Gasteiger charge is 2.45. The van der Waals surface area contributed by atoms with Crippen LogP contribution in [0.1, 0.15) is 86.5 Å². The highest BCUT2D eigenvalue weighted by Crippen LogP contribution is 2.59. The van der Waals surface area contributed by atoms with E-state index in [1.807, 2.05) is 0 Å². The molecule has 2 spiro atoms. The lowest BCUT2D eigenvalue weighted by Gasteiger charge is -2.36. The summed E-state index contributed by atoms with van der Waals surface area (Å²) in [6.45, 7) is 0. The minimum absolute atomic E-state index is 0.125. The van der Waals surface area contributed by atoms with Gasteiger partial charge in [0, 0.05) is 10.8 Å². The molecule has 11 rings (SSSR count). The van der Waals surface area contributed by atoms with E-state index in [4.69, 9.17) is 0 Å². The Morgan fingerprint density at radius 3 is 1.10 bits per heavy atom. The van der Waals surface area contributed by atoms with E-state index in [9.17, 15) is 0 Å². The summed E-state index contributed by atoms with van der Waals surface area (Å²) in [5.41, 5.74) is 17.8. The molecule has 0 radical (unpaired) electrons. The van der Waals surface area contributed by atoms with Crippen molar-refractivity contribution in [3.8, 4) is 44.5 Å². The molecular weight excluding hydrogens is 601 g/mol. The average Bonchev–Trinajstić information content (AvgIpc) is 3.60. The number of benzene rings is 7. The maximum Gasteiger partial charge on any atom is 0.0215 e. The Hall–Kier alpha value is -4.94. The Labute approximate surface area is 295 Å². The fraction of sp³-hybridized carbons (Fsp3) is 0.240. The Balaban J connectivity index is 1.21. The van der Waals surface area contributed by atoms with E-state index in [2.05, 4.69) is 133 Å². The number of fused-ring (bicyclic) bond motifs is 13. The minimum atomic E-state index is 0.125. The van der Waals surface area contributed by atoms with E-state index in [0.717, 1.165) is 0 Å². The molecule has 0 amide bonds. The average molecular weight is 643 g/mol. The van der Waals surface area contributed by atoms with Gasteiger partial charge in [-0.05, 0) is 126 Å². The maximum atomic E-state index is 2.63. The van der Waals surface area contributed by atoms with Crippen LogP contribution in [0.25, 0.3) is 66.1 Å². The third kappa shape index (κ3) is 3.83.